The minimum Gasteiger partial charge on any atom is -0.326 e. The second kappa shape index (κ2) is 9.41. The van der Waals surface area contributed by atoms with Gasteiger partial charge in [-0.15, -0.1) is 11.8 Å². The van der Waals surface area contributed by atoms with Crippen LogP contribution in [0, 0.1) is 8.99 Å². The van der Waals surface area contributed by atoms with E-state index in [-0.39, 0.29) is 17.2 Å². The maximum atomic E-state index is 12.0. The summed E-state index contributed by atoms with van der Waals surface area (Å²) in [7, 11) is 0. The highest BCUT2D eigenvalue weighted by Crippen LogP contribution is 2.23. The van der Waals surface area contributed by atoms with Gasteiger partial charge in [0.05, 0.1) is 5.75 Å². The first-order chi connectivity index (χ1) is 12.2. The van der Waals surface area contributed by atoms with E-state index in [9.17, 15) is 9.59 Å². The molecule has 0 aliphatic carbocycles. The van der Waals surface area contributed by atoms with Crippen molar-refractivity contribution in [3.8, 4) is 0 Å². The van der Waals surface area contributed by atoms with Gasteiger partial charge < -0.3 is 10.6 Å². The van der Waals surface area contributed by atoms with Gasteiger partial charge in [-0.1, -0.05) is 20.8 Å². The second-order valence-corrected chi connectivity index (χ2v) is 9.45. The van der Waals surface area contributed by atoms with Gasteiger partial charge in [-0.25, -0.2) is 0 Å². The molecule has 0 bridgehead atoms. The van der Waals surface area contributed by atoms with Crippen molar-refractivity contribution in [1.82, 2.24) is 0 Å². The fourth-order valence-electron chi connectivity index (χ4n) is 2.20. The molecule has 0 saturated heterocycles. The molecular weight excluding hydrogens is 459 g/mol. The van der Waals surface area contributed by atoms with Gasteiger partial charge in [-0.05, 0) is 76.5 Å². The number of amides is 2. The number of hydrogen-bond donors (Lipinski definition) is 2. The highest BCUT2D eigenvalue weighted by atomic mass is 127. The van der Waals surface area contributed by atoms with Crippen LogP contribution in [0.2, 0.25) is 0 Å². The third-order valence-corrected chi connectivity index (χ3v) is 5.06. The van der Waals surface area contributed by atoms with E-state index in [4.69, 9.17) is 0 Å². The number of rotatable bonds is 6. The molecule has 6 heteroatoms. The zero-order valence-corrected chi connectivity index (χ0v) is 18.1. The minimum atomic E-state index is -0.0428. The van der Waals surface area contributed by atoms with Crippen LogP contribution in [0.5, 0.6) is 0 Å². The molecule has 0 heterocycles. The van der Waals surface area contributed by atoms with Crippen LogP contribution in [-0.4, -0.2) is 17.6 Å². The van der Waals surface area contributed by atoms with Crippen LogP contribution in [0.1, 0.15) is 27.2 Å². The number of nitrogens with one attached hydrogen (secondary N) is 2. The van der Waals surface area contributed by atoms with E-state index in [1.807, 2.05) is 69.3 Å². The third kappa shape index (κ3) is 7.78. The van der Waals surface area contributed by atoms with E-state index in [0.717, 1.165) is 19.8 Å². The Bertz CT molecular complexity index is 753. The van der Waals surface area contributed by atoms with E-state index in [1.165, 1.54) is 11.8 Å². The lowest BCUT2D eigenvalue weighted by Crippen LogP contribution is -2.19. The van der Waals surface area contributed by atoms with Crippen molar-refractivity contribution in [2.45, 2.75) is 32.1 Å². The average molecular weight is 482 g/mol. The smallest absolute Gasteiger partial charge is 0.234 e. The lowest BCUT2D eigenvalue weighted by Gasteiger charge is -2.17. The third-order valence-electron chi connectivity index (χ3n) is 3.33. The Labute approximate surface area is 172 Å². The first kappa shape index (κ1) is 20.8. The first-order valence-corrected chi connectivity index (χ1v) is 10.4. The fraction of sp³-hybridized carbons (Fsp3) is 0.300. The molecule has 4 nitrogen and oxygen atoms in total. The monoisotopic (exact) mass is 482 g/mol. The summed E-state index contributed by atoms with van der Waals surface area (Å²) in [5, 5.41) is 5.78. The molecule has 2 aromatic carbocycles. The summed E-state index contributed by atoms with van der Waals surface area (Å²) in [5.41, 5.74) is 1.53. The van der Waals surface area contributed by atoms with Gasteiger partial charge in [0.2, 0.25) is 11.8 Å². The molecule has 0 saturated carbocycles. The average Bonchev–Trinajstić information content (AvgIpc) is 2.54. The van der Waals surface area contributed by atoms with Crippen molar-refractivity contribution in [3.63, 3.8) is 0 Å². The van der Waals surface area contributed by atoms with Crippen LogP contribution in [-0.2, 0) is 9.59 Å². The summed E-state index contributed by atoms with van der Waals surface area (Å²) in [6, 6.07) is 15.2. The molecule has 0 radical (unpaired) electrons. The predicted octanol–water partition coefficient (Wildman–Crippen LogP) is 5.40. The van der Waals surface area contributed by atoms with E-state index in [0.29, 0.717) is 12.2 Å². The number of anilines is 2. The largest absolute Gasteiger partial charge is 0.326 e. The number of benzene rings is 2. The van der Waals surface area contributed by atoms with Gasteiger partial charge >= 0.3 is 0 Å². The standard InChI is InChI=1S/C20H23IN2O2S/c1-20(2,3)12-18(24)22-16-8-10-17(11-9-16)26-13-19(25)23-15-6-4-14(21)5-7-15/h4-11H,12-13H2,1-3H3,(H,22,24)(H,23,25). The van der Waals surface area contributed by atoms with E-state index >= 15 is 0 Å². The minimum absolute atomic E-state index is 0.00908. The molecule has 138 valence electrons. The SMILES string of the molecule is CC(C)(C)CC(=O)Nc1ccc(SCC(=O)Nc2ccc(I)cc2)cc1. The van der Waals surface area contributed by atoms with Gasteiger partial charge in [0, 0.05) is 26.3 Å². The van der Waals surface area contributed by atoms with E-state index in [1.54, 1.807) is 0 Å². The Balaban J connectivity index is 1.80. The maximum absolute atomic E-state index is 12.0. The molecule has 2 aromatic rings. The van der Waals surface area contributed by atoms with Crippen molar-refractivity contribution in [2.75, 3.05) is 16.4 Å². The van der Waals surface area contributed by atoms with Crippen molar-refractivity contribution in [2.24, 2.45) is 5.41 Å². The summed E-state index contributed by atoms with van der Waals surface area (Å²) in [6.45, 7) is 6.11. The summed E-state index contributed by atoms with van der Waals surface area (Å²) < 4.78 is 1.13. The Morgan fingerprint density at radius 1 is 0.885 bits per heavy atom. The second-order valence-electron chi connectivity index (χ2n) is 7.15. The van der Waals surface area contributed by atoms with Crippen molar-refractivity contribution < 1.29 is 9.59 Å². The molecule has 2 N–H and O–H groups in total. The highest BCUT2D eigenvalue weighted by Gasteiger charge is 2.15. The number of carbonyl (C=O) groups is 2. The molecule has 0 atom stereocenters. The van der Waals surface area contributed by atoms with Gasteiger partial charge in [-0.3, -0.25) is 9.59 Å². The van der Waals surface area contributed by atoms with Crippen molar-refractivity contribution in [3.05, 3.63) is 52.1 Å². The quantitative estimate of drug-likeness (QED) is 0.429. The Morgan fingerprint density at radius 3 is 1.92 bits per heavy atom. The summed E-state index contributed by atoms with van der Waals surface area (Å²) in [6.07, 6.45) is 0.474. The molecule has 0 aliphatic heterocycles. The molecule has 2 rings (SSSR count). The topological polar surface area (TPSA) is 58.2 Å². The fourth-order valence-corrected chi connectivity index (χ4v) is 3.26. The summed E-state index contributed by atoms with van der Waals surface area (Å²) >= 11 is 3.69. The Hall–Kier alpha value is -1.54. The Morgan fingerprint density at radius 2 is 1.38 bits per heavy atom. The summed E-state index contributed by atoms with van der Waals surface area (Å²) in [5.74, 6) is 0.301. The van der Waals surface area contributed by atoms with E-state index < -0.39 is 0 Å². The van der Waals surface area contributed by atoms with Crippen LogP contribution >= 0.6 is 34.4 Å². The van der Waals surface area contributed by atoms with Crippen molar-refractivity contribution >= 4 is 57.5 Å². The molecular formula is C20H23IN2O2S. The van der Waals surface area contributed by atoms with Crippen LogP contribution in [0.4, 0.5) is 11.4 Å². The number of thioether (sulfide) groups is 1. The maximum Gasteiger partial charge on any atom is 0.234 e. The normalized spacial score (nSPS) is 11.1. The highest BCUT2D eigenvalue weighted by molar-refractivity contribution is 14.1. The predicted molar refractivity (Wildman–Crippen MR) is 118 cm³/mol. The molecule has 0 fully saturated rings. The van der Waals surface area contributed by atoms with Gasteiger partial charge in [0.1, 0.15) is 0 Å². The lowest BCUT2D eigenvalue weighted by molar-refractivity contribution is -0.118. The van der Waals surface area contributed by atoms with Crippen molar-refractivity contribution in [1.29, 1.82) is 0 Å². The van der Waals surface area contributed by atoms with Gasteiger partial charge in [-0.2, -0.15) is 0 Å². The molecule has 0 spiro atoms. The lowest BCUT2D eigenvalue weighted by atomic mass is 9.92. The van der Waals surface area contributed by atoms with Crippen LogP contribution in [0.3, 0.4) is 0 Å². The van der Waals surface area contributed by atoms with Crippen LogP contribution < -0.4 is 10.6 Å². The molecule has 2 amide bonds. The first-order valence-electron chi connectivity index (χ1n) is 8.29. The van der Waals surface area contributed by atoms with E-state index in [2.05, 4.69) is 33.2 Å². The number of hydrogen-bond acceptors (Lipinski definition) is 3. The van der Waals surface area contributed by atoms with Gasteiger partial charge in [0.15, 0.2) is 0 Å². The molecule has 26 heavy (non-hydrogen) atoms. The molecule has 0 aromatic heterocycles. The Kier molecular flexibility index (Phi) is 7.52. The van der Waals surface area contributed by atoms with Gasteiger partial charge in [0.25, 0.3) is 0 Å². The summed E-state index contributed by atoms with van der Waals surface area (Å²) in [4.78, 5) is 25.0. The number of carbonyl (C=O) groups excluding carboxylic acids is 2. The van der Waals surface area contributed by atoms with Crippen LogP contribution in [0.15, 0.2) is 53.4 Å². The molecule has 0 aliphatic rings. The zero-order valence-electron chi connectivity index (χ0n) is 15.1. The number of halogens is 1. The molecule has 0 unspecified atom stereocenters. The van der Waals surface area contributed by atoms with Crippen LogP contribution in [0.25, 0.3) is 0 Å². The zero-order chi connectivity index (χ0) is 19.2.